The van der Waals surface area contributed by atoms with Crippen LogP contribution < -0.4 is 20.7 Å². The minimum atomic E-state index is -0.405. The van der Waals surface area contributed by atoms with Gasteiger partial charge in [-0.3, -0.25) is 14.5 Å². The van der Waals surface area contributed by atoms with E-state index in [0.717, 1.165) is 41.4 Å². The lowest BCUT2D eigenvalue weighted by Gasteiger charge is -2.36. The molecule has 0 spiro atoms. The standard InChI is InChI=1S/C34H43N9O3/c1-33(2,3)26-16-27(38-29(37-26)30(44)35-20-17-42(7)18-20)39-32(45)36-24-13-14-25(23-11-9-8-10-22(23)24)46-21-12-15-28-40-41-31(34(4,5)6)43(28)19-21/h8-12,15-16,19-20,24-25H,13-14,17-18H2,1-7H3,(H,35,44)(H2,36,37,38,39,45)/t24-,25+/m0/s1. The van der Waals surface area contributed by atoms with Gasteiger partial charge in [0.2, 0.25) is 5.82 Å². The molecule has 1 saturated heterocycles. The number of urea groups is 1. The van der Waals surface area contributed by atoms with Crippen LogP contribution in [0.3, 0.4) is 0 Å². The maximum absolute atomic E-state index is 13.4. The van der Waals surface area contributed by atoms with Crippen LogP contribution in [-0.4, -0.2) is 67.6 Å². The van der Waals surface area contributed by atoms with Crippen molar-refractivity contribution >= 4 is 23.4 Å². The van der Waals surface area contributed by atoms with E-state index in [-0.39, 0.29) is 46.6 Å². The number of anilines is 1. The Hall–Kier alpha value is -4.58. The number of carbonyl (C=O) groups excluding carboxylic acids is 2. The third-order valence-electron chi connectivity index (χ3n) is 8.40. The van der Waals surface area contributed by atoms with Crippen molar-refractivity contribution in [1.82, 2.24) is 40.1 Å². The average Bonchev–Trinajstić information content (AvgIpc) is 3.41. The van der Waals surface area contributed by atoms with E-state index in [9.17, 15) is 9.59 Å². The Bertz CT molecular complexity index is 1770. The normalized spacial score (nSPS) is 18.8. The number of hydrogen-bond acceptors (Lipinski definition) is 8. The fourth-order valence-electron chi connectivity index (χ4n) is 5.99. The number of amides is 3. The van der Waals surface area contributed by atoms with Gasteiger partial charge >= 0.3 is 6.03 Å². The highest BCUT2D eigenvalue weighted by Gasteiger charge is 2.31. The first-order valence-electron chi connectivity index (χ1n) is 15.8. The first-order chi connectivity index (χ1) is 21.7. The SMILES string of the molecule is CN1CC(NC(=O)c2nc(NC(=O)N[C@H]3CC[C@@H](Oc4ccc5nnc(C(C)(C)C)n5c4)c4ccccc43)cc(C(C)(C)C)n2)C1. The zero-order valence-corrected chi connectivity index (χ0v) is 27.6. The van der Waals surface area contributed by atoms with Crippen molar-refractivity contribution in [2.45, 2.75) is 83.4 Å². The summed E-state index contributed by atoms with van der Waals surface area (Å²) in [6.45, 7) is 13.9. The van der Waals surface area contributed by atoms with Crippen molar-refractivity contribution in [3.8, 4) is 5.75 Å². The van der Waals surface area contributed by atoms with Crippen LogP contribution in [0.15, 0.2) is 48.7 Å². The highest BCUT2D eigenvalue weighted by Crippen LogP contribution is 2.39. The summed E-state index contributed by atoms with van der Waals surface area (Å²) in [4.78, 5) is 37.4. The number of nitrogens with zero attached hydrogens (tertiary/aromatic N) is 6. The fourth-order valence-corrected chi connectivity index (χ4v) is 5.99. The molecule has 1 fully saturated rings. The van der Waals surface area contributed by atoms with Crippen LogP contribution in [0, 0.1) is 0 Å². The van der Waals surface area contributed by atoms with Gasteiger partial charge in [-0.05, 0) is 43.1 Å². The molecule has 3 N–H and O–H groups in total. The molecule has 2 atom stereocenters. The minimum Gasteiger partial charge on any atom is -0.484 e. The molecular formula is C34H43N9O3. The molecule has 4 aromatic rings. The van der Waals surface area contributed by atoms with Gasteiger partial charge in [-0.2, -0.15) is 0 Å². The summed E-state index contributed by atoms with van der Waals surface area (Å²) in [6, 6.07) is 13.0. The number of hydrogen-bond donors (Lipinski definition) is 3. The molecule has 1 aromatic carbocycles. The highest BCUT2D eigenvalue weighted by atomic mass is 16.5. The maximum Gasteiger partial charge on any atom is 0.320 e. The fraction of sp³-hybridized carbons (Fsp3) is 0.471. The Kier molecular flexibility index (Phi) is 8.18. The first-order valence-corrected chi connectivity index (χ1v) is 15.8. The maximum atomic E-state index is 13.4. The van der Waals surface area contributed by atoms with Crippen LogP contribution in [0.2, 0.25) is 0 Å². The molecule has 0 radical (unpaired) electrons. The molecular weight excluding hydrogens is 582 g/mol. The Labute approximate surface area is 269 Å². The topological polar surface area (TPSA) is 139 Å². The Morgan fingerprint density at radius 1 is 0.891 bits per heavy atom. The number of fused-ring (bicyclic) bond motifs is 2. The van der Waals surface area contributed by atoms with E-state index in [1.807, 2.05) is 68.7 Å². The number of pyridine rings is 1. The van der Waals surface area contributed by atoms with Crippen molar-refractivity contribution in [1.29, 1.82) is 0 Å². The quantitative estimate of drug-likeness (QED) is 0.274. The van der Waals surface area contributed by atoms with Crippen LogP contribution in [0.1, 0.15) is 99.8 Å². The summed E-state index contributed by atoms with van der Waals surface area (Å²) in [5.74, 6) is 1.56. The highest BCUT2D eigenvalue weighted by molar-refractivity contribution is 5.93. The number of ether oxygens (including phenoxy) is 1. The number of likely N-dealkylation sites (N-methyl/N-ethyl adjacent to an activating group) is 1. The van der Waals surface area contributed by atoms with E-state index in [4.69, 9.17) is 4.74 Å². The van der Waals surface area contributed by atoms with E-state index in [2.05, 4.69) is 67.9 Å². The van der Waals surface area contributed by atoms with Crippen molar-refractivity contribution in [2.24, 2.45) is 0 Å². The zero-order chi connectivity index (χ0) is 32.8. The van der Waals surface area contributed by atoms with E-state index in [0.29, 0.717) is 18.5 Å². The zero-order valence-electron chi connectivity index (χ0n) is 27.6. The van der Waals surface area contributed by atoms with E-state index in [1.165, 1.54) is 0 Å². The lowest BCUT2D eigenvalue weighted by Crippen LogP contribution is -2.57. The van der Waals surface area contributed by atoms with Crippen molar-refractivity contribution < 1.29 is 14.3 Å². The van der Waals surface area contributed by atoms with Gasteiger partial charge < -0.3 is 20.3 Å². The summed E-state index contributed by atoms with van der Waals surface area (Å²) in [5.41, 5.74) is 2.93. The number of carbonyl (C=O) groups is 2. The molecule has 3 amide bonds. The molecule has 2 aliphatic rings. The predicted molar refractivity (Wildman–Crippen MR) is 175 cm³/mol. The third kappa shape index (κ3) is 6.67. The van der Waals surface area contributed by atoms with Crippen molar-refractivity contribution in [3.05, 3.63) is 77.1 Å². The number of rotatable bonds is 6. The molecule has 0 unspecified atom stereocenters. The van der Waals surface area contributed by atoms with Crippen LogP contribution in [0.4, 0.5) is 10.6 Å². The molecule has 3 aromatic heterocycles. The number of likely N-dealkylation sites (tertiary alicyclic amines) is 1. The second kappa shape index (κ2) is 12.0. The Morgan fingerprint density at radius 3 is 2.33 bits per heavy atom. The van der Waals surface area contributed by atoms with Crippen molar-refractivity contribution in [2.75, 3.05) is 25.5 Å². The average molecular weight is 626 g/mol. The van der Waals surface area contributed by atoms with Crippen LogP contribution in [-0.2, 0) is 10.8 Å². The molecule has 6 rings (SSSR count). The molecule has 1 aliphatic heterocycles. The molecule has 0 bridgehead atoms. The van der Waals surface area contributed by atoms with E-state index >= 15 is 0 Å². The summed E-state index contributed by atoms with van der Waals surface area (Å²) in [7, 11) is 2.00. The summed E-state index contributed by atoms with van der Waals surface area (Å²) >= 11 is 0. The van der Waals surface area contributed by atoms with Gasteiger partial charge in [0.15, 0.2) is 5.65 Å². The number of benzene rings is 1. The predicted octanol–water partition coefficient (Wildman–Crippen LogP) is 4.93. The lowest BCUT2D eigenvalue weighted by molar-refractivity contribution is 0.0847. The molecule has 12 nitrogen and oxygen atoms in total. The van der Waals surface area contributed by atoms with Gasteiger partial charge in [0.05, 0.1) is 24.0 Å². The number of nitrogens with one attached hydrogen (secondary N) is 3. The molecule has 0 saturated carbocycles. The molecule has 1 aliphatic carbocycles. The van der Waals surface area contributed by atoms with E-state index < -0.39 is 6.03 Å². The Balaban J connectivity index is 1.17. The molecule has 12 heteroatoms. The first kappa shape index (κ1) is 31.4. The smallest absolute Gasteiger partial charge is 0.320 e. The van der Waals surface area contributed by atoms with Crippen LogP contribution >= 0.6 is 0 Å². The second-order valence-corrected chi connectivity index (χ2v) is 14.4. The van der Waals surface area contributed by atoms with E-state index in [1.54, 1.807) is 6.07 Å². The third-order valence-corrected chi connectivity index (χ3v) is 8.40. The monoisotopic (exact) mass is 625 g/mol. The molecule has 46 heavy (non-hydrogen) atoms. The summed E-state index contributed by atoms with van der Waals surface area (Å²) in [6.07, 6.45) is 3.15. The van der Waals surface area contributed by atoms with Gasteiger partial charge in [0.25, 0.3) is 5.91 Å². The van der Waals surface area contributed by atoms with Gasteiger partial charge in [-0.1, -0.05) is 65.8 Å². The number of aromatic nitrogens is 5. The van der Waals surface area contributed by atoms with Crippen LogP contribution in [0.5, 0.6) is 5.75 Å². The van der Waals surface area contributed by atoms with Crippen LogP contribution in [0.25, 0.3) is 5.65 Å². The summed E-state index contributed by atoms with van der Waals surface area (Å²) in [5, 5.41) is 17.7. The van der Waals surface area contributed by atoms with Gasteiger partial charge in [-0.15, -0.1) is 10.2 Å². The van der Waals surface area contributed by atoms with Gasteiger partial charge in [-0.25, -0.2) is 14.8 Å². The summed E-state index contributed by atoms with van der Waals surface area (Å²) < 4.78 is 8.52. The second-order valence-electron chi connectivity index (χ2n) is 14.4. The lowest BCUT2D eigenvalue weighted by atomic mass is 9.85. The largest absolute Gasteiger partial charge is 0.484 e. The van der Waals surface area contributed by atoms with Gasteiger partial charge in [0.1, 0.15) is 23.5 Å². The Morgan fingerprint density at radius 2 is 1.63 bits per heavy atom. The molecule has 242 valence electrons. The molecule has 4 heterocycles. The van der Waals surface area contributed by atoms with Gasteiger partial charge in [0, 0.05) is 30.0 Å². The van der Waals surface area contributed by atoms with Crippen molar-refractivity contribution in [3.63, 3.8) is 0 Å². The minimum absolute atomic E-state index is 0.0413.